The molecule has 2 unspecified atom stereocenters. The fraction of sp³-hybridized carbons (Fsp3) is 0.538. The van der Waals surface area contributed by atoms with Crippen molar-refractivity contribution in [2.75, 3.05) is 13.7 Å². The van der Waals surface area contributed by atoms with Crippen molar-refractivity contribution in [3.63, 3.8) is 0 Å². The fourth-order valence-corrected chi connectivity index (χ4v) is 3.35. The van der Waals surface area contributed by atoms with E-state index in [2.05, 4.69) is 11.6 Å². The molecule has 0 bridgehead atoms. The highest BCUT2D eigenvalue weighted by atomic mass is 32.2. The molecule has 1 aromatic carbocycles. The molecule has 2 rings (SSSR count). The summed E-state index contributed by atoms with van der Waals surface area (Å²) in [6, 6.07) is 4.97. The number of hydrogen-bond donors (Lipinski definition) is 2. The van der Waals surface area contributed by atoms with Gasteiger partial charge in [0.25, 0.3) is 0 Å². The molecule has 0 saturated heterocycles. The molecule has 1 aliphatic carbocycles. The zero-order valence-corrected chi connectivity index (χ0v) is 12.0. The summed E-state index contributed by atoms with van der Waals surface area (Å²) in [7, 11) is -2.09. The van der Waals surface area contributed by atoms with E-state index in [1.54, 1.807) is 18.2 Å². The maximum absolute atomic E-state index is 12.3. The van der Waals surface area contributed by atoms with E-state index in [1.807, 2.05) is 0 Å². The van der Waals surface area contributed by atoms with Crippen LogP contribution in [-0.2, 0) is 16.6 Å². The first kappa shape index (κ1) is 14.3. The lowest BCUT2D eigenvalue weighted by Gasteiger charge is -2.12. The molecule has 0 spiro atoms. The molecule has 0 amide bonds. The Morgan fingerprint density at radius 2 is 2.16 bits per heavy atom. The summed E-state index contributed by atoms with van der Waals surface area (Å²) in [4.78, 5) is 0.159. The van der Waals surface area contributed by atoms with E-state index in [0.29, 0.717) is 30.7 Å². The number of benzene rings is 1. The summed E-state index contributed by atoms with van der Waals surface area (Å²) in [5.41, 5.74) is 6.31. The van der Waals surface area contributed by atoms with Crippen LogP contribution in [0.1, 0.15) is 18.9 Å². The average Bonchev–Trinajstić information content (AvgIpc) is 3.12. The van der Waals surface area contributed by atoms with Crippen molar-refractivity contribution in [3.05, 3.63) is 23.8 Å². The number of nitrogens with one attached hydrogen (secondary N) is 1. The van der Waals surface area contributed by atoms with E-state index in [1.165, 1.54) is 7.11 Å². The Labute approximate surface area is 114 Å². The minimum Gasteiger partial charge on any atom is -0.495 e. The Balaban J connectivity index is 2.22. The molecular weight excluding hydrogens is 264 g/mol. The summed E-state index contributed by atoms with van der Waals surface area (Å²) in [5.74, 6) is 1.41. The quantitative estimate of drug-likeness (QED) is 0.819. The Morgan fingerprint density at radius 1 is 1.47 bits per heavy atom. The van der Waals surface area contributed by atoms with Crippen molar-refractivity contribution in [3.8, 4) is 5.75 Å². The van der Waals surface area contributed by atoms with Crippen LogP contribution >= 0.6 is 0 Å². The van der Waals surface area contributed by atoms with Crippen LogP contribution in [0.5, 0.6) is 5.75 Å². The molecule has 1 saturated carbocycles. The molecule has 0 aliphatic heterocycles. The zero-order chi connectivity index (χ0) is 14.0. The van der Waals surface area contributed by atoms with Crippen LogP contribution in [0.4, 0.5) is 0 Å². The summed E-state index contributed by atoms with van der Waals surface area (Å²) < 4.78 is 32.3. The third kappa shape index (κ3) is 3.26. The first-order valence-electron chi connectivity index (χ1n) is 6.34. The van der Waals surface area contributed by atoms with Crippen molar-refractivity contribution in [2.45, 2.75) is 24.8 Å². The van der Waals surface area contributed by atoms with Gasteiger partial charge in [0.1, 0.15) is 10.6 Å². The van der Waals surface area contributed by atoms with Crippen molar-refractivity contribution in [2.24, 2.45) is 17.6 Å². The third-order valence-electron chi connectivity index (χ3n) is 3.56. The fourth-order valence-electron chi connectivity index (χ4n) is 2.04. The van der Waals surface area contributed by atoms with Crippen molar-refractivity contribution >= 4 is 10.0 Å². The number of hydrogen-bond acceptors (Lipinski definition) is 4. The van der Waals surface area contributed by atoms with E-state index >= 15 is 0 Å². The number of ether oxygens (including phenoxy) is 1. The molecule has 1 aromatic rings. The predicted octanol–water partition coefficient (Wildman–Crippen LogP) is 1.09. The Hall–Kier alpha value is -1.11. The van der Waals surface area contributed by atoms with Crippen LogP contribution in [0.15, 0.2) is 23.1 Å². The standard InChI is InChI=1S/C13H20N2O3S/c1-9-5-11(9)8-15-19(16,17)13-6-10(7-14)3-4-12(13)18-2/h3-4,6,9,11,15H,5,7-8,14H2,1-2H3. The van der Waals surface area contributed by atoms with Gasteiger partial charge in [0, 0.05) is 13.1 Å². The maximum Gasteiger partial charge on any atom is 0.244 e. The molecule has 19 heavy (non-hydrogen) atoms. The van der Waals surface area contributed by atoms with Gasteiger partial charge in [-0.25, -0.2) is 13.1 Å². The van der Waals surface area contributed by atoms with E-state index in [9.17, 15) is 8.42 Å². The molecule has 5 nitrogen and oxygen atoms in total. The van der Waals surface area contributed by atoms with Gasteiger partial charge in [0.05, 0.1) is 7.11 Å². The number of nitrogens with two attached hydrogens (primary N) is 1. The van der Waals surface area contributed by atoms with Gasteiger partial charge in [-0.15, -0.1) is 0 Å². The molecule has 0 heterocycles. The second-order valence-electron chi connectivity index (χ2n) is 5.01. The van der Waals surface area contributed by atoms with Crippen LogP contribution < -0.4 is 15.2 Å². The molecule has 1 fully saturated rings. The highest BCUT2D eigenvalue weighted by molar-refractivity contribution is 7.89. The lowest BCUT2D eigenvalue weighted by atomic mass is 10.2. The van der Waals surface area contributed by atoms with E-state index in [0.717, 1.165) is 12.0 Å². The molecule has 2 atom stereocenters. The van der Waals surface area contributed by atoms with E-state index in [-0.39, 0.29) is 4.90 Å². The van der Waals surface area contributed by atoms with Gasteiger partial charge in [-0.1, -0.05) is 13.0 Å². The predicted molar refractivity (Wildman–Crippen MR) is 73.3 cm³/mol. The van der Waals surface area contributed by atoms with Gasteiger partial charge in [-0.2, -0.15) is 0 Å². The molecule has 6 heteroatoms. The first-order chi connectivity index (χ1) is 8.97. The van der Waals surface area contributed by atoms with Crippen LogP contribution in [0.3, 0.4) is 0 Å². The van der Waals surface area contributed by atoms with Gasteiger partial charge < -0.3 is 10.5 Å². The Morgan fingerprint density at radius 3 is 2.68 bits per heavy atom. The topological polar surface area (TPSA) is 81.4 Å². The van der Waals surface area contributed by atoms with Gasteiger partial charge in [-0.3, -0.25) is 0 Å². The maximum atomic E-state index is 12.3. The first-order valence-corrected chi connectivity index (χ1v) is 7.83. The summed E-state index contributed by atoms with van der Waals surface area (Å²) in [5, 5.41) is 0. The van der Waals surface area contributed by atoms with Crippen LogP contribution in [-0.4, -0.2) is 22.1 Å². The molecular formula is C13H20N2O3S. The third-order valence-corrected chi connectivity index (χ3v) is 5.01. The summed E-state index contributed by atoms with van der Waals surface area (Å²) in [6.07, 6.45) is 1.09. The van der Waals surface area contributed by atoms with E-state index in [4.69, 9.17) is 10.5 Å². The second kappa shape index (κ2) is 5.48. The molecule has 0 aromatic heterocycles. The minimum absolute atomic E-state index is 0.159. The lowest BCUT2D eigenvalue weighted by Crippen LogP contribution is -2.26. The highest BCUT2D eigenvalue weighted by Crippen LogP contribution is 2.37. The molecule has 3 N–H and O–H groups in total. The Kier molecular flexibility index (Phi) is 4.13. The summed E-state index contributed by atoms with van der Waals surface area (Å²) in [6.45, 7) is 2.90. The smallest absolute Gasteiger partial charge is 0.244 e. The van der Waals surface area contributed by atoms with Gasteiger partial charge >= 0.3 is 0 Å². The number of sulfonamides is 1. The monoisotopic (exact) mass is 284 g/mol. The van der Waals surface area contributed by atoms with Crippen molar-refractivity contribution in [1.82, 2.24) is 4.72 Å². The SMILES string of the molecule is COc1ccc(CN)cc1S(=O)(=O)NCC1CC1C. The largest absolute Gasteiger partial charge is 0.495 e. The second-order valence-corrected chi connectivity index (χ2v) is 6.75. The zero-order valence-electron chi connectivity index (χ0n) is 11.2. The van der Waals surface area contributed by atoms with Crippen molar-refractivity contribution < 1.29 is 13.2 Å². The number of rotatable bonds is 6. The lowest BCUT2D eigenvalue weighted by molar-refractivity contribution is 0.402. The molecule has 106 valence electrons. The number of methoxy groups -OCH3 is 1. The minimum atomic E-state index is -3.54. The molecule has 0 radical (unpaired) electrons. The van der Waals surface area contributed by atoms with E-state index < -0.39 is 10.0 Å². The van der Waals surface area contributed by atoms with Crippen LogP contribution in [0.2, 0.25) is 0 Å². The summed E-state index contributed by atoms with van der Waals surface area (Å²) >= 11 is 0. The normalized spacial score (nSPS) is 22.3. The molecule has 1 aliphatic rings. The average molecular weight is 284 g/mol. The van der Waals surface area contributed by atoms with Crippen LogP contribution in [0.25, 0.3) is 0 Å². The van der Waals surface area contributed by atoms with Gasteiger partial charge in [0.2, 0.25) is 10.0 Å². The van der Waals surface area contributed by atoms with Crippen LogP contribution in [0, 0.1) is 11.8 Å². The Bertz CT molecular complexity index is 557. The van der Waals surface area contributed by atoms with Gasteiger partial charge in [0.15, 0.2) is 0 Å². The highest BCUT2D eigenvalue weighted by Gasteiger charge is 2.33. The van der Waals surface area contributed by atoms with Gasteiger partial charge in [-0.05, 0) is 36.0 Å². The van der Waals surface area contributed by atoms with Crippen molar-refractivity contribution in [1.29, 1.82) is 0 Å².